The maximum absolute atomic E-state index is 13.6. The monoisotopic (exact) mass is 707 g/mol. The van der Waals surface area contributed by atoms with Gasteiger partial charge in [0, 0.05) is 65.6 Å². The summed E-state index contributed by atoms with van der Waals surface area (Å²) in [4.78, 5) is 21.5. The van der Waals surface area contributed by atoms with Gasteiger partial charge < -0.3 is 14.5 Å². The number of nitrogens with zero attached hydrogens (tertiary/aromatic N) is 2. The van der Waals surface area contributed by atoms with Crippen LogP contribution in [-0.4, -0.2) is 27.2 Å². The topological polar surface area (TPSA) is 77.1 Å². The number of rotatable bonds is 4. The first kappa shape index (κ1) is 34.5. The highest BCUT2D eigenvalue weighted by molar-refractivity contribution is 6.39. The maximum atomic E-state index is 13.6. The van der Waals surface area contributed by atoms with E-state index in [0.29, 0.717) is 47.4 Å². The van der Waals surface area contributed by atoms with Crippen LogP contribution in [0.5, 0.6) is 11.8 Å². The zero-order valence-corrected chi connectivity index (χ0v) is 28.2. The Morgan fingerprint density at radius 2 is 1.07 bits per heavy atom. The lowest BCUT2D eigenvalue weighted by atomic mass is 10.2. The average Bonchev–Trinajstić information content (AvgIpc) is 2.95. The first-order valence-corrected chi connectivity index (χ1v) is 15.5. The first-order valence-electron chi connectivity index (χ1n) is 13.6. The third-order valence-electron chi connectivity index (χ3n) is 6.01. The van der Waals surface area contributed by atoms with Gasteiger partial charge >= 0.3 is 0 Å². The fourth-order valence-corrected chi connectivity index (χ4v) is 5.37. The summed E-state index contributed by atoms with van der Waals surface area (Å²) in [6.07, 6.45) is 0.00958. The van der Waals surface area contributed by atoms with E-state index in [0.717, 1.165) is 16.2 Å². The molecular formula is C33H27Cl5FN3O3. The van der Waals surface area contributed by atoms with Gasteiger partial charge in [-0.2, -0.15) is 9.37 Å². The highest BCUT2D eigenvalue weighted by atomic mass is 35.5. The van der Waals surface area contributed by atoms with Gasteiger partial charge in [0.1, 0.15) is 10.3 Å². The number of pyridine rings is 3. The SMILES string of the molecule is CC(C)Oc1cc2c(Cl)cccc2c(Cl)n1.CC(C)Oc1cc2c(Cl)cccc2c(F)n1.O=c1cc2c(Cl)cccc2c(Cl)[nH]1. The second kappa shape index (κ2) is 15.3. The van der Waals surface area contributed by atoms with Crippen molar-refractivity contribution in [2.75, 3.05) is 0 Å². The van der Waals surface area contributed by atoms with Crippen LogP contribution in [0.4, 0.5) is 4.39 Å². The molecule has 0 unspecified atom stereocenters. The highest BCUT2D eigenvalue weighted by Crippen LogP contribution is 2.31. The summed E-state index contributed by atoms with van der Waals surface area (Å²) in [5.41, 5.74) is -0.245. The van der Waals surface area contributed by atoms with Crippen LogP contribution < -0.4 is 15.0 Å². The van der Waals surface area contributed by atoms with Crippen molar-refractivity contribution in [1.82, 2.24) is 15.0 Å². The number of halogens is 6. The Bertz CT molecular complexity index is 1940. The van der Waals surface area contributed by atoms with E-state index in [9.17, 15) is 9.18 Å². The summed E-state index contributed by atoms with van der Waals surface area (Å²) in [5, 5.41) is 6.57. The number of nitrogens with one attached hydrogen (secondary N) is 1. The summed E-state index contributed by atoms with van der Waals surface area (Å²) < 4.78 is 24.5. The molecule has 1 N–H and O–H groups in total. The fraction of sp³-hybridized carbons (Fsp3) is 0.182. The number of hydrogen-bond donors (Lipinski definition) is 1. The van der Waals surface area contributed by atoms with Gasteiger partial charge in [-0.3, -0.25) is 4.79 Å². The van der Waals surface area contributed by atoms with Crippen LogP contribution in [0.2, 0.25) is 25.4 Å². The van der Waals surface area contributed by atoms with Crippen molar-refractivity contribution in [3.8, 4) is 11.8 Å². The highest BCUT2D eigenvalue weighted by Gasteiger charge is 2.10. The van der Waals surface area contributed by atoms with E-state index in [2.05, 4.69) is 15.0 Å². The van der Waals surface area contributed by atoms with Gasteiger partial charge in [0.05, 0.1) is 12.2 Å². The Labute approximate surface area is 284 Å². The Balaban J connectivity index is 0.000000155. The van der Waals surface area contributed by atoms with E-state index < -0.39 is 5.95 Å². The molecule has 45 heavy (non-hydrogen) atoms. The number of aromatic amines is 1. The normalized spacial score (nSPS) is 10.9. The van der Waals surface area contributed by atoms with Crippen molar-refractivity contribution in [3.05, 3.63) is 114 Å². The molecule has 12 heteroatoms. The van der Waals surface area contributed by atoms with Crippen molar-refractivity contribution in [2.45, 2.75) is 39.9 Å². The van der Waals surface area contributed by atoms with Crippen molar-refractivity contribution in [3.63, 3.8) is 0 Å². The number of ether oxygens (including phenoxy) is 2. The maximum Gasteiger partial charge on any atom is 0.249 e. The van der Waals surface area contributed by atoms with Crippen LogP contribution in [0.3, 0.4) is 0 Å². The summed E-state index contributed by atoms with van der Waals surface area (Å²) in [6.45, 7) is 7.59. The van der Waals surface area contributed by atoms with Gasteiger partial charge in [0.2, 0.25) is 23.3 Å². The Kier molecular flexibility index (Phi) is 11.7. The standard InChI is InChI=1S/C12H11Cl2NO.C12H11ClFNO.C9H5Cl2NO/c2*1-7(2)16-11-6-9-8(12(14)15-11)4-3-5-10(9)13;10-7-3-1-2-5-6(7)4-8(13)12-9(5)11/h2*3-7H,1-2H3;1-4H,(H,12,13). The molecule has 6 aromatic rings. The molecule has 0 aliphatic carbocycles. The molecule has 0 spiro atoms. The predicted octanol–water partition coefficient (Wildman–Crippen LogP) is 11.0. The third kappa shape index (κ3) is 8.90. The van der Waals surface area contributed by atoms with Crippen LogP contribution in [0.15, 0.2) is 77.6 Å². The molecule has 0 atom stereocenters. The van der Waals surface area contributed by atoms with Gasteiger partial charge in [-0.1, -0.05) is 88.3 Å². The second-order valence-corrected chi connectivity index (χ2v) is 12.1. The lowest BCUT2D eigenvalue weighted by Crippen LogP contribution is -2.07. The number of benzene rings is 3. The van der Waals surface area contributed by atoms with E-state index in [4.69, 9.17) is 67.5 Å². The molecule has 0 saturated carbocycles. The number of H-pyrrole nitrogens is 1. The Hall–Kier alpha value is -3.33. The van der Waals surface area contributed by atoms with Crippen LogP contribution in [0, 0.1) is 5.95 Å². The zero-order valence-electron chi connectivity index (χ0n) is 24.5. The van der Waals surface area contributed by atoms with Crippen LogP contribution >= 0.6 is 58.0 Å². The number of aromatic nitrogens is 3. The van der Waals surface area contributed by atoms with Crippen LogP contribution in [-0.2, 0) is 0 Å². The van der Waals surface area contributed by atoms with E-state index in [1.807, 2.05) is 52.0 Å². The Morgan fingerprint density at radius 1 is 0.622 bits per heavy atom. The van der Waals surface area contributed by atoms with Crippen molar-refractivity contribution < 1.29 is 13.9 Å². The average molecular weight is 710 g/mol. The molecule has 0 amide bonds. The van der Waals surface area contributed by atoms with E-state index in [1.165, 1.54) is 6.07 Å². The predicted molar refractivity (Wildman–Crippen MR) is 185 cm³/mol. The van der Waals surface area contributed by atoms with Crippen LogP contribution in [0.1, 0.15) is 27.7 Å². The molecule has 0 aliphatic rings. The Morgan fingerprint density at radius 3 is 1.60 bits per heavy atom. The van der Waals surface area contributed by atoms with E-state index >= 15 is 0 Å². The van der Waals surface area contributed by atoms with Gasteiger partial charge in [0.25, 0.3) is 0 Å². The molecule has 6 nitrogen and oxygen atoms in total. The molecule has 0 radical (unpaired) electrons. The third-order valence-corrected chi connectivity index (χ3v) is 7.59. The van der Waals surface area contributed by atoms with Gasteiger partial charge in [-0.15, -0.1) is 0 Å². The van der Waals surface area contributed by atoms with Crippen molar-refractivity contribution in [2.24, 2.45) is 0 Å². The summed E-state index contributed by atoms with van der Waals surface area (Å²) in [7, 11) is 0. The lowest BCUT2D eigenvalue weighted by Gasteiger charge is -2.10. The van der Waals surface area contributed by atoms with Gasteiger partial charge in [-0.05, 0) is 52.0 Å². The molecule has 0 bridgehead atoms. The molecular weight excluding hydrogens is 683 g/mol. The fourth-order valence-electron chi connectivity index (χ4n) is 4.17. The molecule has 0 saturated heterocycles. The number of hydrogen-bond acceptors (Lipinski definition) is 5. The molecule has 0 fully saturated rings. The van der Waals surface area contributed by atoms with E-state index in [-0.39, 0.29) is 23.6 Å². The summed E-state index contributed by atoms with van der Waals surface area (Å²) >= 11 is 29.9. The molecule has 3 aromatic carbocycles. The minimum Gasteiger partial charge on any atom is -0.475 e. The second-order valence-electron chi connectivity index (χ2n) is 10.2. The van der Waals surface area contributed by atoms with Crippen LogP contribution in [0.25, 0.3) is 32.3 Å². The smallest absolute Gasteiger partial charge is 0.249 e. The van der Waals surface area contributed by atoms with Crippen molar-refractivity contribution >= 4 is 90.3 Å². The molecule has 0 aliphatic heterocycles. The zero-order chi connectivity index (χ0) is 32.8. The van der Waals surface area contributed by atoms with Gasteiger partial charge in [-0.25, -0.2) is 4.98 Å². The van der Waals surface area contributed by atoms with Gasteiger partial charge in [0.15, 0.2) is 0 Å². The summed E-state index contributed by atoms with van der Waals surface area (Å²) in [5.74, 6) is 0.198. The number of fused-ring (bicyclic) bond motifs is 3. The minimum atomic E-state index is -0.560. The first-order chi connectivity index (χ1) is 21.3. The molecule has 6 rings (SSSR count). The molecule has 234 valence electrons. The summed E-state index contributed by atoms with van der Waals surface area (Å²) in [6, 6.07) is 20.8. The largest absolute Gasteiger partial charge is 0.475 e. The van der Waals surface area contributed by atoms with E-state index in [1.54, 1.807) is 42.5 Å². The minimum absolute atomic E-state index is 0.0492. The lowest BCUT2D eigenvalue weighted by molar-refractivity contribution is 0.230. The van der Waals surface area contributed by atoms with Crippen molar-refractivity contribution in [1.29, 1.82) is 0 Å². The molecule has 3 heterocycles. The molecule has 3 aromatic heterocycles. The quantitative estimate of drug-likeness (QED) is 0.184.